The van der Waals surface area contributed by atoms with Crippen LogP contribution in [0.4, 0.5) is 4.39 Å². The molecule has 3 N–H and O–H groups in total. The van der Waals surface area contributed by atoms with E-state index in [1.54, 1.807) is 18.6 Å². The van der Waals surface area contributed by atoms with Crippen LogP contribution in [0.25, 0.3) is 5.70 Å². The second kappa shape index (κ2) is 9.89. The van der Waals surface area contributed by atoms with Crippen molar-refractivity contribution < 1.29 is 4.39 Å². The molecular weight excluding hydrogens is 365 g/mol. The van der Waals surface area contributed by atoms with Crippen molar-refractivity contribution in [2.45, 2.75) is 25.7 Å². The van der Waals surface area contributed by atoms with Gasteiger partial charge in [-0.25, -0.2) is 4.39 Å². The Morgan fingerprint density at radius 2 is 1.90 bits per heavy atom. The van der Waals surface area contributed by atoms with Gasteiger partial charge in [-0.1, -0.05) is 19.1 Å². The van der Waals surface area contributed by atoms with Gasteiger partial charge in [-0.15, -0.1) is 0 Å². The average Bonchev–Trinajstić information content (AvgIpc) is 2.73. The van der Waals surface area contributed by atoms with Crippen molar-refractivity contribution in [3.63, 3.8) is 0 Å². The van der Waals surface area contributed by atoms with Crippen LogP contribution in [0, 0.1) is 5.82 Å². The summed E-state index contributed by atoms with van der Waals surface area (Å²) in [6.45, 7) is 2.57. The third-order valence-electron chi connectivity index (χ3n) is 4.77. The molecule has 0 amide bonds. The lowest BCUT2D eigenvalue weighted by atomic mass is 9.95. The zero-order valence-corrected chi connectivity index (χ0v) is 16.8. The largest absolute Gasteiger partial charge is 0.388 e. The Bertz CT molecular complexity index is 955. The second-order valence-corrected chi connectivity index (χ2v) is 6.97. The van der Waals surface area contributed by atoms with Gasteiger partial charge in [0.05, 0.1) is 5.69 Å². The molecule has 0 spiro atoms. The standard InChI is InChI=1S/C23H26FN5/c1-16(17-3-5-19(24)6-4-17)11-20-12-18(23(26-2)7-8-25)13-21(29-20)14-22-15-27-9-10-28-22/h3-7,9-10,12-13,15-16,26H,8,11,14,25H2,1-2H3/b23-7-/t16-/m1/s1. The second-order valence-electron chi connectivity index (χ2n) is 6.97. The molecule has 3 aromatic rings. The minimum atomic E-state index is -0.224. The van der Waals surface area contributed by atoms with E-state index in [0.29, 0.717) is 13.0 Å². The van der Waals surface area contributed by atoms with E-state index in [0.717, 1.165) is 40.3 Å². The summed E-state index contributed by atoms with van der Waals surface area (Å²) in [6, 6.07) is 10.8. The molecule has 1 aromatic carbocycles. The van der Waals surface area contributed by atoms with Crippen LogP contribution in [0.3, 0.4) is 0 Å². The average molecular weight is 391 g/mol. The van der Waals surface area contributed by atoms with Crippen molar-refractivity contribution in [3.8, 4) is 0 Å². The number of nitrogens with zero attached hydrogens (tertiary/aromatic N) is 3. The van der Waals surface area contributed by atoms with Crippen LogP contribution in [0.1, 0.15) is 41.1 Å². The Kier molecular flexibility index (Phi) is 7.03. The molecule has 0 saturated carbocycles. The fraction of sp³-hybridized carbons (Fsp3) is 0.261. The van der Waals surface area contributed by atoms with Crippen LogP contribution in [-0.4, -0.2) is 28.5 Å². The molecule has 0 radical (unpaired) electrons. The Hall–Kier alpha value is -3.12. The van der Waals surface area contributed by atoms with Gasteiger partial charge in [-0.3, -0.25) is 15.0 Å². The van der Waals surface area contributed by atoms with Crippen molar-refractivity contribution in [2.24, 2.45) is 5.73 Å². The Morgan fingerprint density at radius 3 is 2.55 bits per heavy atom. The van der Waals surface area contributed by atoms with E-state index in [1.807, 2.05) is 25.3 Å². The molecule has 2 aromatic heterocycles. The monoisotopic (exact) mass is 391 g/mol. The van der Waals surface area contributed by atoms with Crippen LogP contribution >= 0.6 is 0 Å². The normalized spacial score (nSPS) is 12.6. The highest BCUT2D eigenvalue weighted by atomic mass is 19.1. The molecule has 150 valence electrons. The maximum atomic E-state index is 13.2. The molecule has 1 atom stereocenters. The van der Waals surface area contributed by atoms with E-state index in [9.17, 15) is 4.39 Å². The highest BCUT2D eigenvalue weighted by Crippen LogP contribution is 2.23. The summed E-state index contributed by atoms with van der Waals surface area (Å²) >= 11 is 0. The van der Waals surface area contributed by atoms with E-state index in [4.69, 9.17) is 10.7 Å². The van der Waals surface area contributed by atoms with Crippen molar-refractivity contribution in [3.05, 3.63) is 95.1 Å². The topological polar surface area (TPSA) is 76.7 Å². The molecule has 0 saturated heterocycles. The van der Waals surface area contributed by atoms with Gasteiger partial charge in [-0.2, -0.15) is 0 Å². The van der Waals surface area contributed by atoms with Gasteiger partial charge in [0.15, 0.2) is 0 Å². The lowest BCUT2D eigenvalue weighted by molar-refractivity contribution is 0.625. The van der Waals surface area contributed by atoms with E-state index >= 15 is 0 Å². The molecule has 5 nitrogen and oxygen atoms in total. The van der Waals surface area contributed by atoms with E-state index in [2.05, 4.69) is 34.3 Å². The molecule has 0 unspecified atom stereocenters. The Morgan fingerprint density at radius 1 is 1.14 bits per heavy atom. The third-order valence-corrected chi connectivity index (χ3v) is 4.77. The smallest absolute Gasteiger partial charge is 0.123 e. The van der Waals surface area contributed by atoms with Crippen LogP contribution in [-0.2, 0) is 12.8 Å². The third kappa shape index (κ3) is 5.68. The zero-order chi connectivity index (χ0) is 20.6. The summed E-state index contributed by atoms with van der Waals surface area (Å²) in [7, 11) is 1.88. The molecule has 3 rings (SSSR count). The fourth-order valence-electron chi connectivity index (χ4n) is 3.31. The molecular formula is C23H26FN5. The predicted molar refractivity (Wildman–Crippen MR) is 114 cm³/mol. The number of nitrogens with two attached hydrogens (primary N) is 1. The number of aromatic nitrogens is 3. The summed E-state index contributed by atoms with van der Waals surface area (Å²) in [5.74, 6) is -0.0165. The number of hydrogen-bond acceptors (Lipinski definition) is 5. The van der Waals surface area contributed by atoms with Gasteiger partial charge in [-0.05, 0) is 48.2 Å². The number of halogens is 1. The van der Waals surface area contributed by atoms with Crippen LogP contribution in [0.5, 0.6) is 0 Å². The molecule has 6 heteroatoms. The van der Waals surface area contributed by atoms with Gasteiger partial charge >= 0.3 is 0 Å². The predicted octanol–water partition coefficient (Wildman–Crippen LogP) is 3.47. The number of pyridine rings is 1. The lowest BCUT2D eigenvalue weighted by Gasteiger charge is -2.15. The van der Waals surface area contributed by atoms with Crippen LogP contribution in [0.2, 0.25) is 0 Å². The van der Waals surface area contributed by atoms with Gasteiger partial charge in [0.2, 0.25) is 0 Å². The molecule has 0 aliphatic heterocycles. The van der Waals surface area contributed by atoms with E-state index in [1.165, 1.54) is 12.1 Å². The summed E-state index contributed by atoms with van der Waals surface area (Å²) in [5.41, 5.74) is 11.6. The zero-order valence-electron chi connectivity index (χ0n) is 16.8. The first kappa shape index (κ1) is 20.6. The maximum absolute atomic E-state index is 13.2. The summed E-state index contributed by atoms with van der Waals surface area (Å²) < 4.78 is 13.2. The van der Waals surface area contributed by atoms with Gasteiger partial charge < -0.3 is 11.1 Å². The molecule has 29 heavy (non-hydrogen) atoms. The summed E-state index contributed by atoms with van der Waals surface area (Å²) in [4.78, 5) is 13.4. The summed E-state index contributed by atoms with van der Waals surface area (Å²) in [6.07, 6.45) is 8.39. The van der Waals surface area contributed by atoms with Crippen molar-refractivity contribution in [1.82, 2.24) is 20.3 Å². The van der Waals surface area contributed by atoms with Gasteiger partial charge in [0, 0.05) is 61.3 Å². The highest BCUT2D eigenvalue weighted by molar-refractivity contribution is 5.64. The van der Waals surface area contributed by atoms with Gasteiger partial charge in [0.1, 0.15) is 5.82 Å². The van der Waals surface area contributed by atoms with E-state index < -0.39 is 0 Å². The summed E-state index contributed by atoms with van der Waals surface area (Å²) in [5, 5.41) is 3.21. The first-order chi connectivity index (χ1) is 14.1. The Labute approximate surface area is 170 Å². The van der Waals surface area contributed by atoms with Gasteiger partial charge in [0.25, 0.3) is 0 Å². The minimum Gasteiger partial charge on any atom is -0.388 e. The lowest BCUT2D eigenvalue weighted by Crippen LogP contribution is -2.11. The SMILES string of the molecule is CN/C(=C\CN)c1cc(Cc2cnccn2)nc(C[C@@H](C)c2ccc(F)cc2)c1. The number of nitrogens with one attached hydrogen (secondary N) is 1. The number of rotatable bonds is 8. The maximum Gasteiger partial charge on any atom is 0.123 e. The van der Waals surface area contributed by atoms with Crippen molar-refractivity contribution in [1.29, 1.82) is 0 Å². The first-order valence-corrected chi connectivity index (χ1v) is 9.67. The fourth-order valence-corrected chi connectivity index (χ4v) is 3.31. The molecule has 0 bridgehead atoms. The molecule has 0 aliphatic rings. The number of hydrogen-bond donors (Lipinski definition) is 2. The van der Waals surface area contributed by atoms with Crippen molar-refractivity contribution >= 4 is 5.70 Å². The highest BCUT2D eigenvalue weighted by Gasteiger charge is 2.12. The van der Waals surface area contributed by atoms with Crippen LogP contribution < -0.4 is 11.1 Å². The molecule has 0 fully saturated rings. The number of benzene rings is 1. The molecule has 0 aliphatic carbocycles. The van der Waals surface area contributed by atoms with Crippen molar-refractivity contribution in [2.75, 3.05) is 13.6 Å². The molecule has 2 heterocycles. The quantitative estimate of drug-likeness (QED) is 0.615. The Balaban J connectivity index is 1.92. The first-order valence-electron chi connectivity index (χ1n) is 9.67. The minimum absolute atomic E-state index is 0.208. The van der Waals surface area contributed by atoms with E-state index in [-0.39, 0.29) is 11.7 Å². The van der Waals surface area contributed by atoms with Crippen LogP contribution in [0.15, 0.2) is 61.1 Å².